The fourth-order valence-corrected chi connectivity index (χ4v) is 4.57. The highest BCUT2D eigenvalue weighted by Crippen LogP contribution is 2.37. The minimum atomic E-state index is -1.25. The molecule has 38 heavy (non-hydrogen) atoms. The quantitative estimate of drug-likeness (QED) is 0.316. The van der Waals surface area contributed by atoms with E-state index in [0.29, 0.717) is 59.8 Å². The Balaban J connectivity index is 1.52. The molecule has 3 N–H and O–H groups in total. The lowest BCUT2D eigenvalue weighted by Gasteiger charge is -2.34. The molecule has 1 aliphatic heterocycles. The minimum absolute atomic E-state index is 0.128. The van der Waals surface area contributed by atoms with Crippen molar-refractivity contribution in [2.75, 3.05) is 18.8 Å². The van der Waals surface area contributed by atoms with E-state index in [-0.39, 0.29) is 11.7 Å². The number of hydrogen-bond donors (Lipinski definition) is 2. The Morgan fingerprint density at radius 1 is 1.18 bits per heavy atom. The molecule has 5 rings (SSSR count). The maximum atomic E-state index is 14.0. The number of amides is 1. The number of hydrogen-bond acceptors (Lipinski definition) is 6. The van der Waals surface area contributed by atoms with E-state index >= 15 is 0 Å². The summed E-state index contributed by atoms with van der Waals surface area (Å²) >= 11 is 0. The van der Waals surface area contributed by atoms with Crippen molar-refractivity contribution in [2.24, 2.45) is 7.05 Å². The second kappa shape index (κ2) is 10.00. The Bertz CT molecular complexity index is 1590. The molecule has 0 saturated carbocycles. The summed E-state index contributed by atoms with van der Waals surface area (Å²) in [6.45, 7) is 4.30. The first kappa shape index (κ1) is 25.0. The predicted octanol–water partition coefficient (Wildman–Crippen LogP) is 4.04. The van der Waals surface area contributed by atoms with Gasteiger partial charge in [-0.3, -0.25) is 4.79 Å². The molecule has 4 aromatic rings. The Labute approximate surface area is 219 Å². The van der Waals surface area contributed by atoms with Gasteiger partial charge in [0.1, 0.15) is 34.8 Å². The summed E-state index contributed by atoms with van der Waals surface area (Å²) in [6.07, 6.45) is 3.31. The maximum Gasteiger partial charge on any atom is 0.245 e. The number of piperidine rings is 1. The fraction of sp³-hybridized carbons (Fsp3) is 0.207. The van der Waals surface area contributed by atoms with Crippen LogP contribution in [0.2, 0.25) is 0 Å². The molecule has 1 aliphatic rings. The van der Waals surface area contributed by atoms with Crippen LogP contribution in [0.5, 0.6) is 11.5 Å². The number of aromatic nitrogens is 3. The van der Waals surface area contributed by atoms with E-state index in [4.69, 9.17) is 10.5 Å². The number of fused-ring (bicyclic) bond motifs is 1. The van der Waals surface area contributed by atoms with Gasteiger partial charge in [-0.1, -0.05) is 36.8 Å². The van der Waals surface area contributed by atoms with Gasteiger partial charge in [-0.05, 0) is 41.8 Å². The first-order valence-electron chi connectivity index (χ1n) is 12.1. The van der Waals surface area contributed by atoms with Crippen molar-refractivity contribution in [3.63, 3.8) is 0 Å². The number of carbonyl (C=O) groups excluding carboxylic acids is 1. The van der Waals surface area contributed by atoms with Crippen LogP contribution in [-0.2, 0) is 11.8 Å². The molecule has 3 heterocycles. The molecular weight excluding hydrogens is 485 g/mol. The largest absolute Gasteiger partial charge is 0.454 e. The van der Waals surface area contributed by atoms with Crippen LogP contribution >= 0.6 is 0 Å². The minimum Gasteiger partial charge on any atom is -0.454 e. The number of para-hydroxylation sites is 1. The zero-order chi connectivity index (χ0) is 26.9. The summed E-state index contributed by atoms with van der Waals surface area (Å²) in [5, 5.41) is 11.8. The number of nitrogens with two attached hydrogens (primary N) is 1. The molecule has 192 valence electrons. The monoisotopic (exact) mass is 511 g/mol. The molecule has 0 bridgehead atoms. The molecule has 2 aromatic heterocycles. The van der Waals surface area contributed by atoms with E-state index in [1.807, 2.05) is 23.7 Å². The third-order valence-corrected chi connectivity index (χ3v) is 6.69. The van der Waals surface area contributed by atoms with E-state index < -0.39 is 11.4 Å². The molecular formula is C29H26FN5O3. The highest BCUT2D eigenvalue weighted by molar-refractivity contribution is 6.03. The highest BCUT2D eigenvalue weighted by atomic mass is 19.1. The summed E-state index contributed by atoms with van der Waals surface area (Å²) in [5.41, 5.74) is 7.72. The van der Waals surface area contributed by atoms with Crippen LogP contribution in [0.4, 0.5) is 10.2 Å². The third-order valence-electron chi connectivity index (χ3n) is 6.69. The van der Waals surface area contributed by atoms with Gasteiger partial charge in [0, 0.05) is 38.5 Å². The van der Waals surface area contributed by atoms with Crippen molar-refractivity contribution >= 4 is 22.8 Å². The van der Waals surface area contributed by atoms with Crippen molar-refractivity contribution < 1.29 is 19.0 Å². The van der Waals surface area contributed by atoms with E-state index in [0.717, 1.165) is 5.56 Å². The molecule has 0 unspecified atom stereocenters. The van der Waals surface area contributed by atoms with Gasteiger partial charge in [0.25, 0.3) is 0 Å². The molecule has 9 heteroatoms. The number of nitrogens with zero attached hydrogens (tertiary/aromatic N) is 4. The number of halogens is 1. The third kappa shape index (κ3) is 4.69. The van der Waals surface area contributed by atoms with Gasteiger partial charge in [-0.25, -0.2) is 14.4 Å². The Hall–Kier alpha value is -4.68. The average Bonchev–Trinajstić information content (AvgIpc) is 3.22. The summed E-state index contributed by atoms with van der Waals surface area (Å²) in [7, 11) is 1.83. The van der Waals surface area contributed by atoms with Crippen molar-refractivity contribution in [1.29, 1.82) is 0 Å². The fourth-order valence-electron chi connectivity index (χ4n) is 4.57. The van der Waals surface area contributed by atoms with Crippen LogP contribution in [0.15, 0.2) is 67.5 Å². The number of anilines is 1. The van der Waals surface area contributed by atoms with Crippen LogP contribution in [0.25, 0.3) is 22.2 Å². The van der Waals surface area contributed by atoms with E-state index in [2.05, 4.69) is 28.4 Å². The second-order valence-electron chi connectivity index (χ2n) is 9.11. The van der Waals surface area contributed by atoms with Crippen molar-refractivity contribution in [1.82, 2.24) is 19.4 Å². The van der Waals surface area contributed by atoms with Gasteiger partial charge in [0.05, 0.1) is 5.39 Å². The number of ether oxygens (including phenoxy) is 1. The topological polar surface area (TPSA) is 106 Å². The Morgan fingerprint density at radius 2 is 1.89 bits per heavy atom. The number of aliphatic hydroxyl groups is 1. The summed E-state index contributed by atoms with van der Waals surface area (Å²) < 4.78 is 21.5. The molecule has 1 saturated heterocycles. The lowest BCUT2D eigenvalue weighted by molar-refractivity contribution is -0.128. The van der Waals surface area contributed by atoms with Gasteiger partial charge >= 0.3 is 0 Å². The first-order valence-corrected chi connectivity index (χ1v) is 12.1. The van der Waals surface area contributed by atoms with Crippen LogP contribution in [0, 0.1) is 17.7 Å². The second-order valence-corrected chi connectivity index (χ2v) is 9.11. The predicted molar refractivity (Wildman–Crippen MR) is 143 cm³/mol. The van der Waals surface area contributed by atoms with Crippen LogP contribution in [0.3, 0.4) is 0 Å². The Kier molecular flexibility index (Phi) is 6.57. The molecule has 1 fully saturated rings. The smallest absolute Gasteiger partial charge is 0.245 e. The highest BCUT2D eigenvalue weighted by Gasteiger charge is 2.32. The number of rotatable bonds is 4. The molecule has 8 nitrogen and oxygen atoms in total. The van der Waals surface area contributed by atoms with Gasteiger partial charge in [-0.2, -0.15) is 0 Å². The zero-order valence-electron chi connectivity index (χ0n) is 20.8. The molecule has 2 aromatic carbocycles. The summed E-state index contributed by atoms with van der Waals surface area (Å²) in [5.74, 6) is 6.48. The maximum absolute atomic E-state index is 14.0. The number of benzene rings is 2. The number of likely N-dealkylation sites (tertiary alicyclic amines) is 1. The van der Waals surface area contributed by atoms with E-state index in [1.54, 1.807) is 35.2 Å². The molecule has 1 amide bonds. The SMILES string of the molecule is C=CC(=O)N1CCC(O)(C#Cc2c(-c3ccc(Oc4ccccc4F)cc3)c3c(N)ncnc3n2C)CC1. The van der Waals surface area contributed by atoms with Crippen LogP contribution in [0.1, 0.15) is 18.5 Å². The van der Waals surface area contributed by atoms with Crippen LogP contribution < -0.4 is 10.5 Å². The van der Waals surface area contributed by atoms with Gasteiger partial charge < -0.3 is 25.0 Å². The number of carbonyl (C=O) groups is 1. The normalized spacial score (nSPS) is 14.6. The van der Waals surface area contributed by atoms with Gasteiger partial charge in [-0.15, -0.1) is 0 Å². The summed E-state index contributed by atoms with van der Waals surface area (Å²) in [6, 6.07) is 13.3. The first-order chi connectivity index (χ1) is 18.3. The number of nitrogen functional groups attached to an aromatic ring is 1. The zero-order valence-corrected chi connectivity index (χ0v) is 20.8. The summed E-state index contributed by atoms with van der Waals surface area (Å²) in [4.78, 5) is 22.1. The van der Waals surface area contributed by atoms with E-state index in [9.17, 15) is 14.3 Å². The lowest BCUT2D eigenvalue weighted by atomic mass is 9.91. The van der Waals surface area contributed by atoms with Gasteiger partial charge in [0.15, 0.2) is 11.6 Å². The average molecular weight is 512 g/mol. The van der Waals surface area contributed by atoms with Crippen LogP contribution in [-0.4, -0.2) is 49.1 Å². The number of aryl methyl sites for hydroxylation is 1. The molecule has 0 spiro atoms. The van der Waals surface area contributed by atoms with Crippen molar-refractivity contribution in [2.45, 2.75) is 18.4 Å². The molecule has 0 aliphatic carbocycles. The van der Waals surface area contributed by atoms with Gasteiger partial charge in [0.2, 0.25) is 5.91 Å². The van der Waals surface area contributed by atoms with Crippen molar-refractivity contribution in [3.8, 4) is 34.5 Å². The van der Waals surface area contributed by atoms with E-state index in [1.165, 1.54) is 18.5 Å². The van der Waals surface area contributed by atoms with Crippen molar-refractivity contribution in [3.05, 3.63) is 79.0 Å². The standard InChI is InChI=1S/C29H26FN5O3/c1-3-24(36)35-16-14-29(37,15-17-35)13-12-22-25(26-27(31)32-18-33-28(26)34(22)2)19-8-10-20(11-9-19)38-23-7-5-4-6-21(23)30/h3-11,18,37H,1,14-17H2,2H3,(H2,31,32,33). The lowest BCUT2D eigenvalue weighted by Crippen LogP contribution is -2.45. The Morgan fingerprint density at radius 3 is 2.58 bits per heavy atom. The molecule has 0 radical (unpaired) electrons. The molecule has 0 atom stereocenters.